The molecule has 1 N–H and O–H groups in total. The van der Waals surface area contributed by atoms with Gasteiger partial charge < -0.3 is 5.32 Å². The molecule has 0 saturated carbocycles. The van der Waals surface area contributed by atoms with Gasteiger partial charge in [-0.3, -0.25) is 0 Å². The molecule has 0 fully saturated rings. The van der Waals surface area contributed by atoms with Crippen molar-refractivity contribution >= 4 is 0 Å². The van der Waals surface area contributed by atoms with E-state index >= 15 is 0 Å². The first kappa shape index (κ1) is 15.9. The molecule has 0 unspecified atom stereocenters. The Hall–Kier alpha value is -1.17. The number of rotatable bonds is 6. The SMILES string of the molecule is CNCCCc1c(C)nc(CCC(F)(F)F)nc1C. The maximum absolute atomic E-state index is 12.2. The lowest BCUT2D eigenvalue weighted by Crippen LogP contribution is -2.13. The third-order valence-corrected chi connectivity index (χ3v) is 2.95. The van der Waals surface area contributed by atoms with Crippen molar-refractivity contribution in [1.29, 1.82) is 0 Å². The molecule has 0 aliphatic rings. The van der Waals surface area contributed by atoms with Crippen molar-refractivity contribution in [3.63, 3.8) is 0 Å². The molecule has 1 aromatic heterocycles. The van der Waals surface area contributed by atoms with Gasteiger partial charge in [0.2, 0.25) is 0 Å². The number of hydrogen-bond acceptors (Lipinski definition) is 3. The summed E-state index contributed by atoms with van der Waals surface area (Å²) in [7, 11) is 1.89. The molecule has 0 aliphatic carbocycles. The van der Waals surface area contributed by atoms with E-state index in [1.54, 1.807) is 0 Å². The minimum Gasteiger partial charge on any atom is -0.320 e. The zero-order valence-electron chi connectivity index (χ0n) is 11.6. The second-order valence-electron chi connectivity index (χ2n) is 4.61. The highest BCUT2D eigenvalue weighted by molar-refractivity contribution is 5.24. The lowest BCUT2D eigenvalue weighted by atomic mass is 10.1. The fourth-order valence-corrected chi connectivity index (χ4v) is 1.98. The van der Waals surface area contributed by atoms with Gasteiger partial charge in [-0.2, -0.15) is 13.2 Å². The Morgan fingerprint density at radius 3 is 2.11 bits per heavy atom. The summed E-state index contributed by atoms with van der Waals surface area (Å²) in [5, 5.41) is 3.06. The Kier molecular flexibility index (Phi) is 5.72. The average Bonchev–Trinajstić information content (AvgIpc) is 2.29. The van der Waals surface area contributed by atoms with Gasteiger partial charge in [0.25, 0.3) is 0 Å². The van der Waals surface area contributed by atoms with E-state index in [4.69, 9.17) is 0 Å². The Morgan fingerprint density at radius 2 is 1.63 bits per heavy atom. The highest BCUT2D eigenvalue weighted by Gasteiger charge is 2.27. The van der Waals surface area contributed by atoms with Crippen molar-refractivity contribution in [3.8, 4) is 0 Å². The van der Waals surface area contributed by atoms with Crippen LogP contribution >= 0.6 is 0 Å². The summed E-state index contributed by atoms with van der Waals surface area (Å²) in [5.41, 5.74) is 2.63. The number of aromatic nitrogens is 2. The van der Waals surface area contributed by atoms with E-state index in [9.17, 15) is 13.2 Å². The molecule has 6 heteroatoms. The van der Waals surface area contributed by atoms with Crippen molar-refractivity contribution < 1.29 is 13.2 Å². The minimum absolute atomic E-state index is 0.151. The second kappa shape index (κ2) is 6.84. The van der Waals surface area contributed by atoms with Gasteiger partial charge in [0.1, 0.15) is 5.82 Å². The van der Waals surface area contributed by atoms with E-state index in [0.29, 0.717) is 0 Å². The molecule has 0 radical (unpaired) electrons. The van der Waals surface area contributed by atoms with E-state index in [1.165, 1.54) is 0 Å². The van der Waals surface area contributed by atoms with Crippen LogP contribution in [0.2, 0.25) is 0 Å². The van der Waals surface area contributed by atoms with Gasteiger partial charge in [-0.1, -0.05) is 0 Å². The van der Waals surface area contributed by atoms with Crippen LogP contribution in [0.25, 0.3) is 0 Å². The van der Waals surface area contributed by atoms with Crippen molar-refractivity contribution in [1.82, 2.24) is 15.3 Å². The monoisotopic (exact) mass is 275 g/mol. The number of halogens is 3. The molecule has 0 saturated heterocycles. The maximum atomic E-state index is 12.2. The van der Waals surface area contributed by atoms with Gasteiger partial charge in [0.05, 0.1) is 6.42 Å². The Labute approximate surface area is 111 Å². The highest BCUT2D eigenvalue weighted by Crippen LogP contribution is 2.22. The van der Waals surface area contributed by atoms with Crippen LogP contribution in [0.15, 0.2) is 0 Å². The van der Waals surface area contributed by atoms with Gasteiger partial charge in [0, 0.05) is 17.8 Å². The summed E-state index contributed by atoms with van der Waals surface area (Å²) in [6.07, 6.45) is -3.37. The van der Waals surface area contributed by atoms with Crippen molar-refractivity contribution in [2.75, 3.05) is 13.6 Å². The molecular weight excluding hydrogens is 255 g/mol. The van der Waals surface area contributed by atoms with Gasteiger partial charge in [-0.05, 0) is 45.8 Å². The summed E-state index contributed by atoms with van der Waals surface area (Å²) in [6, 6.07) is 0. The first-order valence-corrected chi connectivity index (χ1v) is 6.38. The van der Waals surface area contributed by atoms with Crippen LogP contribution in [0.5, 0.6) is 0 Å². The molecule has 0 atom stereocenters. The van der Waals surface area contributed by atoms with Gasteiger partial charge in [-0.25, -0.2) is 9.97 Å². The van der Waals surface area contributed by atoms with Crippen molar-refractivity contribution in [2.45, 2.75) is 45.7 Å². The summed E-state index contributed by atoms with van der Waals surface area (Å²) in [5.74, 6) is 0.282. The molecule has 1 rings (SSSR count). The Balaban J connectivity index is 2.73. The third kappa shape index (κ3) is 5.55. The Morgan fingerprint density at radius 1 is 1.05 bits per heavy atom. The fourth-order valence-electron chi connectivity index (χ4n) is 1.98. The largest absolute Gasteiger partial charge is 0.389 e. The van der Waals surface area contributed by atoms with Crippen molar-refractivity contribution in [3.05, 3.63) is 22.8 Å². The number of alkyl halides is 3. The minimum atomic E-state index is -4.16. The first-order chi connectivity index (χ1) is 8.83. The van der Waals surface area contributed by atoms with Gasteiger partial charge in [-0.15, -0.1) is 0 Å². The van der Waals surface area contributed by atoms with Crippen LogP contribution in [0.4, 0.5) is 13.2 Å². The van der Waals surface area contributed by atoms with Crippen LogP contribution in [-0.4, -0.2) is 29.7 Å². The molecule has 3 nitrogen and oxygen atoms in total. The normalized spacial score (nSPS) is 11.9. The highest BCUT2D eigenvalue weighted by atomic mass is 19.4. The standard InChI is InChI=1S/C13H20F3N3/c1-9-11(5-4-8-17-3)10(2)19-12(18-9)6-7-13(14,15)16/h17H,4-8H2,1-3H3. The molecule has 0 amide bonds. The van der Waals surface area contributed by atoms with E-state index in [2.05, 4.69) is 15.3 Å². The van der Waals surface area contributed by atoms with Crippen LogP contribution in [0.3, 0.4) is 0 Å². The van der Waals surface area contributed by atoms with E-state index in [1.807, 2.05) is 20.9 Å². The molecule has 19 heavy (non-hydrogen) atoms. The molecule has 1 aromatic rings. The quantitative estimate of drug-likeness (QED) is 0.811. The summed E-state index contributed by atoms with van der Waals surface area (Å²) in [4.78, 5) is 8.37. The van der Waals surface area contributed by atoms with Crippen molar-refractivity contribution in [2.24, 2.45) is 0 Å². The van der Waals surface area contributed by atoms with Crippen LogP contribution < -0.4 is 5.32 Å². The number of nitrogens with one attached hydrogen (secondary N) is 1. The molecule has 0 aliphatic heterocycles. The third-order valence-electron chi connectivity index (χ3n) is 2.95. The van der Waals surface area contributed by atoms with E-state index < -0.39 is 12.6 Å². The average molecular weight is 275 g/mol. The van der Waals surface area contributed by atoms with Gasteiger partial charge in [0.15, 0.2) is 0 Å². The zero-order chi connectivity index (χ0) is 14.5. The van der Waals surface area contributed by atoms with E-state index in [-0.39, 0.29) is 12.2 Å². The van der Waals surface area contributed by atoms with Crippen LogP contribution in [-0.2, 0) is 12.8 Å². The molecule has 0 aromatic carbocycles. The second-order valence-corrected chi connectivity index (χ2v) is 4.61. The Bertz CT molecular complexity index is 393. The number of hydrogen-bond donors (Lipinski definition) is 1. The molecule has 1 heterocycles. The van der Waals surface area contributed by atoms with Gasteiger partial charge >= 0.3 is 6.18 Å². The lowest BCUT2D eigenvalue weighted by molar-refractivity contribution is -0.134. The summed E-state index contributed by atoms with van der Waals surface area (Å²) >= 11 is 0. The number of nitrogens with zero attached hydrogens (tertiary/aromatic N) is 2. The number of aryl methyl sites for hydroxylation is 3. The summed E-state index contributed by atoms with van der Waals surface area (Å²) in [6.45, 7) is 4.57. The molecular formula is C13H20F3N3. The van der Waals surface area contributed by atoms with Crippen LogP contribution in [0, 0.1) is 13.8 Å². The molecule has 0 bridgehead atoms. The van der Waals surface area contributed by atoms with Crippen LogP contribution in [0.1, 0.15) is 35.6 Å². The fraction of sp³-hybridized carbons (Fsp3) is 0.692. The summed E-state index contributed by atoms with van der Waals surface area (Å²) < 4.78 is 36.5. The molecule has 108 valence electrons. The predicted octanol–water partition coefficient (Wildman–Crippen LogP) is 2.74. The zero-order valence-corrected chi connectivity index (χ0v) is 11.6. The molecule has 0 spiro atoms. The smallest absolute Gasteiger partial charge is 0.320 e. The van der Waals surface area contributed by atoms with E-state index in [0.717, 1.165) is 36.3 Å². The lowest BCUT2D eigenvalue weighted by Gasteiger charge is -2.11. The topological polar surface area (TPSA) is 37.8 Å². The predicted molar refractivity (Wildman–Crippen MR) is 68.1 cm³/mol. The first-order valence-electron chi connectivity index (χ1n) is 6.38. The maximum Gasteiger partial charge on any atom is 0.389 e.